The fourth-order valence-corrected chi connectivity index (χ4v) is 0.756. The minimum atomic E-state index is -0.968. The number of carbonyl (C=O) groups is 3. The number of nitrogens with zero attached hydrogens (tertiary/aromatic N) is 1. The molecule has 0 heterocycles. The molecule has 0 radical (unpaired) electrons. The van der Waals surface area contributed by atoms with Crippen LogP contribution in [-0.2, 0) is 24.0 Å². The average Bonchev–Trinajstić information content (AvgIpc) is 2.13. The van der Waals surface area contributed by atoms with Crippen LogP contribution in [0.25, 0.3) is 0 Å². The smallest absolute Gasteiger partial charge is 0.372 e. The van der Waals surface area contributed by atoms with E-state index in [0.29, 0.717) is 6.42 Å². The second kappa shape index (κ2) is 6.00. The summed E-state index contributed by atoms with van der Waals surface area (Å²) in [6, 6.07) is 0. The molecule has 0 saturated carbocycles. The summed E-state index contributed by atoms with van der Waals surface area (Å²) < 4.78 is 4.69. The van der Waals surface area contributed by atoms with Crippen molar-refractivity contribution in [3.8, 4) is 0 Å². The normalized spacial score (nSPS) is 11.5. The van der Waals surface area contributed by atoms with E-state index >= 15 is 0 Å². The Balaban J connectivity index is 4.27. The van der Waals surface area contributed by atoms with Crippen molar-refractivity contribution in [3.63, 3.8) is 0 Å². The van der Waals surface area contributed by atoms with Gasteiger partial charge in [-0.3, -0.25) is 9.59 Å². The number of hydrogen-bond acceptors (Lipinski definition) is 5. The third-order valence-electron chi connectivity index (χ3n) is 1.61. The molecular weight excluding hydrogens is 202 g/mol. The van der Waals surface area contributed by atoms with Crippen LogP contribution in [0.1, 0.15) is 27.2 Å². The van der Waals surface area contributed by atoms with Gasteiger partial charge in [-0.15, -0.1) is 0 Å². The van der Waals surface area contributed by atoms with Gasteiger partial charge in [0.1, 0.15) is 0 Å². The summed E-state index contributed by atoms with van der Waals surface area (Å²) in [5.74, 6) is -1.74. The number of ether oxygens (including phenoxy) is 1. The van der Waals surface area contributed by atoms with Gasteiger partial charge in [0.05, 0.1) is 0 Å². The molecule has 0 aromatic heterocycles. The van der Waals surface area contributed by atoms with Crippen LogP contribution in [-0.4, -0.2) is 36.1 Å². The molecule has 1 amide bonds. The highest BCUT2D eigenvalue weighted by molar-refractivity contribution is 5.80. The zero-order valence-corrected chi connectivity index (χ0v) is 9.27. The Bertz CT molecular complexity index is 263. The van der Waals surface area contributed by atoms with Gasteiger partial charge in [0.25, 0.3) is 5.91 Å². The van der Waals surface area contributed by atoms with Crippen LogP contribution in [0.3, 0.4) is 0 Å². The zero-order valence-electron chi connectivity index (χ0n) is 9.27. The van der Waals surface area contributed by atoms with Crippen molar-refractivity contribution in [2.45, 2.75) is 33.3 Å². The van der Waals surface area contributed by atoms with Crippen LogP contribution in [0.15, 0.2) is 0 Å². The van der Waals surface area contributed by atoms with Crippen molar-refractivity contribution >= 4 is 17.8 Å². The molecule has 0 bridgehead atoms. The number of rotatable bonds is 3. The lowest BCUT2D eigenvalue weighted by Crippen LogP contribution is -2.35. The molecule has 1 unspecified atom stereocenters. The number of amides is 1. The lowest BCUT2D eigenvalue weighted by molar-refractivity contribution is -0.202. The number of hydroxylamine groups is 2. The van der Waals surface area contributed by atoms with Crippen molar-refractivity contribution in [1.82, 2.24) is 5.06 Å². The predicted molar refractivity (Wildman–Crippen MR) is 50.4 cm³/mol. The Hall–Kier alpha value is -1.59. The summed E-state index contributed by atoms with van der Waals surface area (Å²) in [6.45, 7) is 4.12. The van der Waals surface area contributed by atoms with Crippen molar-refractivity contribution in [2.24, 2.45) is 0 Å². The monoisotopic (exact) mass is 217 g/mol. The standard InChI is InChI=1S/C9H15NO5/c1-5-8(14-7(3)12)9(13)15-10(4)6(2)11/h8H,5H2,1-4H3. The first-order chi connectivity index (χ1) is 6.88. The maximum atomic E-state index is 11.3. The molecule has 0 aromatic carbocycles. The van der Waals surface area contributed by atoms with Gasteiger partial charge in [-0.2, -0.15) is 5.06 Å². The topological polar surface area (TPSA) is 72.9 Å². The second-order valence-corrected chi connectivity index (χ2v) is 2.93. The number of esters is 1. The molecule has 0 fully saturated rings. The van der Waals surface area contributed by atoms with Crippen molar-refractivity contribution < 1.29 is 24.0 Å². The van der Waals surface area contributed by atoms with E-state index in [1.54, 1.807) is 6.92 Å². The molecule has 0 N–H and O–H groups in total. The summed E-state index contributed by atoms with van der Waals surface area (Å²) >= 11 is 0. The molecule has 0 aliphatic carbocycles. The molecular formula is C9H15NO5. The van der Waals surface area contributed by atoms with E-state index in [9.17, 15) is 14.4 Å². The summed E-state index contributed by atoms with van der Waals surface area (Å²) in [5.41, 5.74) is 0. The molecule has 0 aliphatic heterocycles. The van der Waals surface area contributed by atoms with E-state index in [1.165, 1.54) is 20.9 Å². The summed E-state index contributed by atoms with van der Waals surface area (Å²) in [6.07, 6.45) is -0.672. The van der Waals surface area contributed by atoms with E-state index in [-0.39, 0.29) is 0 Å². The summed E-state index contributed by atoms with van der Waals surface area (Å²) in [4.78, 5) is 37.3. The van der Waals surface area contributed by atoms with Crippen LogP contribution < -0.4 is 0 Å². The van der Waals surface area contributed by atoms with Gasteiger partial charge in [-0.1, -0.05) is 6.92 Å². The molecule has 6 heteroatoms. The fraction of sp³-hybridized carbons (Fsp3) is 0.667. The highest BCUT2D eigenvalue weighted by Gasteiger charge is 2.23. The molecule has 0 rings (SSSR count). The van der Waals surface area contributed by atoms with Crippen LogP contribution in [0.2, 0.25) is 0 Å². The highest BCUT2D eigenvalue weighted by atomic mass is 16.7. The lowest BCUT2D eigenvalue weighted by Gasteiger charge is -2.18. The quantitative estimate of drug-likeness (QED) is 0.501. The molecule has 15 heavy (non-hydrogen) atoms. The zero-order chi connectivity index (χ0) is 12.0. The van der Waals surface area contributed by atoms with E-state index in [2.05, 4.69) is 4.84 Å². The third-order valence-corrected chi connectivity index (χ3v) is 1.61. The Kier molecular flexibility index (Phi) is 5.36. The van der Waals surface area contributed by atoms with Crippen LogP contribution in [0.4, 0.5) is 0 Å². The first-order valence-electron chi connectivity index (χ1n) is 4.51. The summed E-state index contributed by atoms with van der Waals surface area (Å²) in [5, 5.41) is 0.786. The van der Waals surface area contributed by atoms with Gasteiger partial charge in [0.2, 0.25) is 6.10 Å². The molecule has 0 saturated heterocycles. The van der Waals surface area contributed by atoms with Gasteiger partial charge < -0.3 is 9.57 Å². The maximum Gasteiger partial charge on any atom is 0.372 e. The minimum absolute atomic E-state index is 0.296. The van der Waals surface area contributed by atoms with Gasteiger partial charge in [-0.25, -0.2) is 4.79 Å². The Morgan fingerprint density at radius 3 is 2.13 bits per heavy atom. The number of hydrogen-bond donors (Lipinski definition) is 0. The Labute approximate surface area is 88.1 Å². The van der Waals surface area contributed by atoms with Crippen LogP contribution >= 0.6 is 0 Å². The van der Waals surface area contributed by atoms with E-state index < -0.39 is 23.9 Å². The molecule has 0 aliphatic rings. The van der Waals surface area contributed by atoms with Gasteiger partial charge >= 0.3 is 11.9 Å². The SMILES string of the molecule is CCC(OC(C)=O)C(=O)ON(C)C(C)=O. The fourth-order valence-electron chi connectivity index (χ4n) is 0.756. The van der Waals surface area contributed by atoms with E-state index in [1.807, 2.05) is 0 Å². The van der Waals surface area contributed by atoms with Gasteiger partial charge in [0.15, 0.2) is 0 Å². The van der Waals surface area contributed by atoms with Gasteiger partial charge in [0, 0.05) is 20.9 Å². The Morgan fingerprint density at radius 1 is 1.27 bits per heavy atom. The lowest BCUT2D eigenvalue weighted by atomic mass is 10.3. The molecule has 1 atom stereocenters. The van der Waals surface area contributed by atoms with E-state index in [4.69, 9.17) is 4.74 Å². The highest BCUT2D eigenvalue weighted by Crippen LogP contribution is 2.03. The Morgan fingerprint density at radius 2 is 1.80 bits per heavy atom. The molecule has 86 valence electrons. The first-order valence-corrected chi connectivity index (χ1v) is 4.51. The first kappa shape index (κ1) is 13.4. The maximum absolute atomic E-state index is 11.3. The second-order valence-electron chi connectivity index (χ2n) is 2.93. The molecule has 0 aromatic rings. The predicted octanol–water partition coefficient (Wildman–Crippen LogP) is 0.265. The number of carbonyl (C=O) groups excluding carboxylic acids is 3. The minimum Gasteiger partial charge on any atom is -0.450 e. The average molecular weight is 217 g/mol. The summed E-state index contributed by atoms with van der Waals surface area (Å²) in [7, 11) is 1.31. The van der Waals surface area contributed by atoms with Crippen LogP contribution in [0.5, 0.6) is 0 Å². The van der Waals surface area contributed by atoms with Gasteiger partial charge in [-0.05, 0) is 6.42 Å². The third kappa shape index (κ3) is 4.99. The van der Waals surface area contributed by atoms with Crippen molar-refractivity contribution in [2.75, 3.05) is 7.05 Å². The molecule has 6 nitrogen and oxygen atoms in total. The van der Waals surface area contributed by atoms with Crippen molar-refractivity contribution in [1.29, 1.82) is 0 Å². The van der Waals surface area contributed by atoms with Crippen molar-refractivity contribution in [3.05, 3.63) is 0 Å². The molecule has 0 spiro atoms. The van der Waals surface area contributed by atoms with E-state index in [0.717, 1.165) is 5.06 Å². The largest absolute Gasteiger partial charge is 0.450 e. The van der Waals surface area contributed by atoms with Crippen LogP contribution in [0, 0.1) is 0 Å².